The summed E-state index contributed by atoms with van der Waals surface area (Å²) in [5.41, 5.74) is 8.94. The summed E-state index contributed by atoms with van der Waals surface area (Å²) < 4.78 is 0. The van der Waals surface area contributed by atoms with Crippen LogP contribution in [0.15, 0.2) is 73.3 Å². The summed E-state index contributed by atoms with van der Waals surface area (Å²) in [6.45, 7) is 1.38. The summed E-state index contributed by atoms with van der Waals surface area (Å²) in [7, 11) is 0. The zero-order valence-corrected chi connectivity index (χ0v) is 16.3. The molecule has 0 bridgehead atoms. The number of pyridine rings is 2. The van der Waals surface area contributed by atoms with Crippen molar-refractivity contribution in [1.29, 1.82) is 0 Å². The highest BCUT2D eigenvalue weighted by molar-refractivity contribution is 6.30. The largest absolute Gasteiger partial charge is 0.368 e. The maximum absolute atomic E-state index is 12.4. The quantitative estimate of drug-likeness (QED) is 0.603. The van der Waals surface area contributed by atoms with Crippen LogP contribution in [0, 0.1) is 0 Å². The molecule has 0 fully saturated rings. The Bertz CT molecular complexity index is 829. The van der Waals surface area contributed by atoms with Crippen molar-refractivity contribution in [2.24, 2.45) is 5.73 Å². The number of primary amides is 1. The second-order valence-electron chi connectivity index (χ2n) is 6.61. The van der Waals surface area contributed by atoms with Crippen LogP contribution < -0.4 is 5.73 Å². The van der Waals surface area contributed by atoms with Crippen LogP contribution in [0.4, 0.5) is 0 Å². The van der Waals surface area contributed by atoms with E-state index in [1.54, 1.807) is 30.7 Å². The fourth-order valence-corrected chi connectivity index (χ4v) is 3.34. The molecule has 0 saturated carbocycles. The van der Waals surface area contributed by atoms with Gasteiger partial charge in [-0.2, -0.15) is 0 Å². The van der Waals surface area contributed by atoms with E-state index in [2.05, 4.69) is 14.9 Å². The first-order chi connectivity index (χ1) is 13.6. The monoisotopic (exact) mass is 394 g/mol. The minimum Gasteiger partial charge on any atom is -0.368 e. The number of aromatic nitrogens is 2. The molecule has 0 saturated heterocycles. The Kier molecular flexibility index (Phi) is 7.12. The van der Waals surface area contributed by atoms with E-state index in [0.29, 0.717) is 18.1 Å². The van der Waals surface area contributed by atoms with Crippen molar-refractivity contribution in [2.75, 3.05) is 13.1 Å². The van der Waals surface area contributed by atoms with Gasteiger partial charge in [0, 0.05) is 42.9 Å². The molecule has 1 amide bonds. The minimum atomic E-state index is -0.518. The standard InChI is InChI=1S/C22H23ClN4O/c23-20-5-3-19(4-6-20)21(22(24)28)27(14-9-17-7-12-25-13-8-17)15-10-18-2-1-11-26-16-18/h1-8,11-13,16,21H,9-10,14-15H2,(H2,24,28). The van der Waals surface area contributed by atoms with Gasteiger partial charge in [0.2, 0.25) is 5.91 Å². The van der Waals surface area contributed by atoms with Gasteiger partial charge in [0.05, 0.1) is 0 Å². The van der Waals surface area contributed by atoms with E-state index in [9.17, 15) is 4.79 Å². The first kappa shape index (κ1) is 20.0. The lowest BCUT2D eigenvalue weighted by molar-refractivity contribution is -0.123. The van der Waals surface area contributed by atoms with Crippen LogP contribution >= 0.6 is 11.6 Å². The number of carbonyl (C=O) groups is 1. The maximum atomic E-state index is 12.4. The molecule has 5 nitrogen and oxygen atoms in total. The second kappa shape index (κ2) is 9.97. The molecule has 6 heteroatoms. The van der Waals surface area contributed by atoms with E-state index in [1.165, 1.54) is 5.56 Å². The van der Waals surface area contributed by atoms with Gasteiger partial charge in [-0.05, 0) is 59.9 Å². The Hall–Kier alpha value is -2.76. The Morgan fingerprint density at radius 3 is 2.21 bits per heavy atom. The molecule has 2 heterocycles. The number of rotatable bonds is 9. The number of hydrogen-bond acceptors (Lipinski definition) is 4. The van der Waals surface area contributed by atoms with Gasteiger partial charge in [-0.25, -0.2) is 0 Å². The van der Waals surface area contributed by atoms with Gasteiger partial charge in [0.25, 0.3) is 0 Å². The summed E-state index contributed by atoms with van der Waals surface area (Å²) in [5.74, 6) is -0.372. The molecule has 144 valence electrons. The van der Waals surface area contributed by atoms with Gasteiger partial charge in [0.1, 0.15) is 6.04 Å². The van der Waals surface area contributed by atoms with Crippen molar-refractivity contribution in [3.05, 3.63) is 95.0 Å². The van der Waals surface area contributed by atoms with Gasteiger partial charge >= 0.3 is 0 Å². The number of halogens is 1. The molecule has 3 aromatic rings. The number of amides is 1. The molecule has 1 atom stereocenters. The molecule has 2 aromatic heterocycles. The maximum Gasteiger partial charge on any atom is 0.239 e. The third kappa shape index (κ3) is 5.62. The normalized spacial score (nSPS) is 12.1. The highest BCUT2D eigenvalue weighted by Crippen LogP contribution is 2.23. The van der Waals surface area contributed by atoms with Gasteiger partial charge in [-0.15, -0.1) is 0 Å². The van der Waals surface area contributed by atoms with Crippen molar-refractivity contribution in [2.45, 2.75) is 18.9 Å². The van der Waals surface area contributed by atoms with E-state index in [0.717, 1.165) is 24.0 Å². The van der Waals surface area contributed by atoms with Crippen molar-refractivity contribution in [3.8, 4) is 0 Å². The molecule has 1 unspecified atom stereocenters. The van der Waals surface area contributed by atoms with Crippen molar-refractivity contribution in [1.82, 2.24) is 14.9 Å². The van der Waals surface area contributed by atoms with Gasteiger partial charge in [-0.3, -0.25) is 19.7 Å². The lowest BCUT2D eigenvalue weighted by atomic mass is 10.0. The topological polar surface area (TPSA) is 72.1 Å². The molecular weight excluding hydrogens is 372 g/mol. The zero-order chi connectivity index (χ0) is 19.8. The van der Waals surface area contributed by atoms with E-state index in [4.69, 9.17) is 17.3 Å². The van der Waals surface area contributed by atoms with Gasteiger partial charge < -0.3 is 5.73 Å². The fourth-order valence-electron chi connectivity index (χ4n) is 3.21. The smallest absolute Gasteiger partial charge is 0.239 e. The van der Waals surface area contributed by atoms with Gasteiger partial charge in [-0.1, -0.05) is 29.8 Å². The molecule has 28 heavy (non-hydrogen) atoms. The molecule has 0 aliphatic heterocycles. The average molecular weight is 395 g/mol. The van der Waals surface area contributed by atoms with Crippen LogP contribution in [0.25, 0.3) is 0 Å². The molecule has 0 spiro atoms. The average Bonchev–Trinajstić information content (AvgIpc) is 2.72. The summed E-state index contributed by atoms with van der Waals surface area (Å²) in [5, 5.41) is 0.630. The van der Waals surface area contributed by atoms with Crippen LogP contribution in [0.2, 0.25) is 5.02 Å². The fraction of sp³-hybridized carbons (Fsp3) is 0.227. The van der Waals surface area contributed by atoms with Crippen LogP contribution in [-0.2, 0) is 17.6 Å². The number of carbonyl (C=O) groups excluding carboxylic acids is 1. The zero-order valence-electron chi connectivity index (χ0n) is 15.5. The highest BCUT2D eigenvalue weighted by Gasteiger charge is 2.25. The molecule has 0 aliphatic rings. The van der Waals surface area contributed by atoms with E-state index < -0.39 is 6.04 Å². The van der Waals surface area contributed by atoms with E-state index in [-0.39, 0.29) is 5.91 Å². The van der Waals surface area contributed by atoms with Crippen LogP contribution in [0.5, 0.6) is 0 Å². The lowest BCUT2D eigenvalue weighted by Crippen LogP contribution is -2.40. The van der Waals surface area contributed by atoms with Crippen LogP contribution in [0.3, 0.4) is 0 Å². The molecule has 0 radical (unpaired) electrons. The number of hydrogen-bond donors (Lipinski definition) is 1. The van der Waals surface area contributed by atoms with E-state index in [1.807, 2.05) is 42.6 Å². The minimum absolute atomic E-state index is 0.372. The number of nitrogens with zero attached hydrogens (tertiary/aromatic N) is 3. The Morgan fingerprint density at radius 1 is 0.929 bits per heavy atom. The summed E-state index contributed by atoms with van der Waals surface area (Å²) in [6.07, 6.45) is 8.74. The predicted molar refractivity (Wildman–Crippen MR) is 111 cm³/mol. The SMILES string of the molecule is NC(=O)C(c1ccc(Cl)cc1)N(CCc1ccncc1)CCc1cccnc1. The van der Waals surface area contributed by atoms with Crippen molar-refractivity contribution < 1.29 is 4.79 Å². The molecular formula is C22H23ClN4O. The molecule has 1 aromatic carbocycles. The molecule has 3 rings (SSSR count). The Labute approximate surface area is 170 Å². The molecule has 2 N–H and O–H groups in total. The Morgan fingerprint density at radius 2 is 1.61 bits per heavy atom. The second-order valence-corrected chi connectivity index (χ2v) is 7.05. The van der Waals surface area contributed by atoms with Crippen LogP contribution in [-0.4, -0.2) is 33.9 Å². The summed E-state index contributed by atoms with van der Waals surface area (Å²) in [4.78, 5) is 22.7. The Balaban J connectivity index is 1.81. The number of nitrogens with two attached hydrogens (primary N) is 1. The van der Waals surface area contributed by atoms with Gasteiger partial charge in [0.15, 0.2) is 0 Å². The first-order valence-corrected chi connectivity index (χ1v) is 9.58. The molecule has 0 aliphatic carbocycles. The third-order valence-corrected chi connectivity index (χ3v) is 4.92. The number of benzene rings is 1. The third-order valence-electron chi connectivity index (χ3n) is 4.67. The van der Waals surface area contributed by atoms with E-state index >= 15 is 0 Å². The predicted octanol–water partition coefficient (Wildman–Crippen LogP) is 3.44. The van der Waals surface area contributed by atoms with Crippen molar-refractivity contribution in [3.63, 3.8) is 0 Å². The summed E-state index contributed by atoms with van der Waals surface area (Å²) in [6, 6.07) is 14.7. The summed E-state index contributed by atoms with van der Waals surface area (Å²) >= 11 is 6.02. The lowest BCUT2D eigenvalue weighted by Gasteiger charge is -2.30. The van der Waals surface area contributed by atoms with Crippen molar-refractivity contribution >= 4 is 17.5 Å². The van der Waals surface area contributed by atoms with Crippen LogP contribution in [0.1, 0.15) is 22.7 Å². The first-order valence-electron chi connectivity index (χ1n) is 9.20. The highest BCUT2D eigenvalue weighted by atomic mass is 35.5.